The zero-order chi connectivity index (χ0) is 12.8. The molecule has 0 spiro atoms. The van der Waals surface area contributed by atoms with Gasteiger partial charge in [-0.2, -0.15) is 0 Å². The minimum Gasteiger partial charge on any atom is -0.468 e. The highest BCUT2D eigenvalue weighted by Crippen LogP contribution is 2.08. The Hall–Kier alpha value is -1.39. The van der Waals surface area contributed by atoms with E-state index in [0.29, 0.717) is 6.42 Å². The van der Waals surface area contributed by atoms with Gasteiger partial charge in [-0.15, -0.1) is 0 Å². The van der Waals surface area contributed by atoms with Gasteiger partial charge in [-0.3, -0.25) is 4.79 Å². The molecular weight excluding hydrogens is 216 g/mol. The molecule has 0 aliphatic carbocycles. The topological polar surface area (TPSA) is 55.6 Å². The number of rotatable bonds is 5. The maximum atomic E-state index is 11.2. The molecule has 1 unspecified atom stereocenters. The second-order valence-corrected chi connectivity index (χ2v) is 4.39. The van der Waals surface area contributed by atoms with Crippen molar-refractivity contribution in [2.75, 3.05) is 21.2 Å². The van der Waals surface area contributed by atoms with Gasteiger partial charge >= 0.3 is 5.97 Å². The van der Waals surface area contributed by atoms with Crippen LogP contribution in [0.3, 0.4) is 0 Å². The molecule has 0 aliphatic heterocycles. The van der Waals surface area contributed by atoms with E-state index in [-0.39, 0.29) is 5.97 Å². The summed E-state index contributed by atoms with van der Waals surface area (Å²) in [5.74, 6) is -0.373. The molecule has 2 N–H and O–H groups in total. The van der Waals surface area contributed by atoms with Crippen LogP contribution in [0.2, 0.25) is 0 Å². The van der Waals surface area contributed by atoms with Crippen LogP contribution in [0, 0.1) is 0 Å². The molecule has 0 bridgehead atoms. The zero-order valence-electron chi connectivity index (χ0n) is 10.6. The maximum Gasteiger partial charge on any atom is 0.322 e. The SMILES string of the molecule is COC(=O)C(N)Cc1ccc(CN(C)C)cc1. The Bertz CT molecular complexity index is 360. The first kappa shape index (κ1) is 13.7. The van der Waals surface area contributed by atoms with Gasteiger partial charge in [0.25, 0.3) is 0 Å². The third-order valence-electron chi connectivity index (χ3n) is 2.48. The summed E-state index contributed by atoms with van der Waals surface area (Å²) in [5.41, 5.74) is 7.98. The summed E-state index contributed by atoms with van der Waals surface area (Å²) < 4.78 is 4.59. The van der Waals surface area contributed by atoms with E-state index >= 15 is 0 Å². The molecule has 0 saturated heterocycles. The number of hydrogen-bond donors (Lipinski definition) is 1. The van der Waals surface area contributed by atoms with Crippen molar-refractivity contribution in [2.45, 2.75) is 19.0 Å². The van der Waals surface area contributed by atoms with Gasteiger partial charge in [0.2, 0.25) is 0 Å². The average molecular weight is 236 g/mol. The molecule has 4 nitrogen and oxygen atoms in total. The normalized spacial score (nSPS) is 12.5. The molecule has 94 valence electrons. The first-order chi connectivity index (χ1) is 8.02. The van der Waals surface area contributed by atoms with E-state index in [0.717, 1.165) is 12.1 Å². The molecule has 0 heterocycles. The van der Waals surface area contributed by atoms with Crippen molar-refractivity contribution in [3.05, 3.63) is 35.4 Å². The van der Waals surface area contributed by atoms with Crippen LogP contribution in [-0.4, -0.2) is 38.1 Å². The lowest BCUT2D eigenvalue weighted by molar-refractivity contribution is -0.142. The lowest BCUT2D eigenvalue weighted by Crippen LogP contribution is -2.33. The summed E-state index contributed by atoms with van der Waals surface area (Å²) >= 11 is 0. The quantitative estimate of drug-likeness (QED) is 0.768. The lowest BCUT2D eigenvalue weighted by atomic mass is 10.0. The predicted octanol–water partition coefficient (Wildman–Crippen LogP) is 0.791. The molecule has 0 saturated carbocycles. The maximum absolute atomic E-state index is 11.2. The van der Waals surface area contributed by atoms with Gasteiger partial charge < -0.3 is 15.4 Å². The van der Waals surface area contributed by atoms with Crippen molar-refractivity contribution >= 4 is 5.97 Å². The second-order valence-electron chi connectivity index (χ2n) is 4.39. The molecule has 0 aromatic heterocycles. The van der Waals surface area contributed by atoms with E-state index in [2.05, 4.69) is 21.8 Å². The Balaban J connectivity index is 2.59. The molecule has 0 radical (unpaired) electrons. The van der Waals surface area contributed by atoms with Gasteiger partial charge in [-0.1, -0.05) is 24.3 Å². The van der Waals surface area contributed by atoms with Gasteiger partial charge in [0.1, 0.15) is 6.04 Å². The van der Waals surface area contributed by atoms with Gasteiger partial charge in [-0.05, 0) is 31.6 Å². The molecular formula is C13H20N2O2. The van der Waals surface area contributed by atoms with E-state index in [1.165, 1.54) is 12.7 Å². The fraction of sp³-hybridized carbons (Fsp3) is 0.462. The van der Waals surface area contributed by atoms with E-state index in [4.69, 9.17) is 5.73 Å². The predicted molar refractivity (Wildman–Crippen MR) is 67.5 cm³/mol. The monoisotopic (exact) mass is 236 g/mol. The number of benzene rings is 1. The summed E-state index contributed by atoms with van der Waals surface area (Å²) in [6, 6.07) is 7.53. The third-order valence-corrected chi connectivity index (χ3v) is 2.48. The number of hydrogen-bond acceptors (Lipinski definition) is 4. The first-order valence-corrected chi connectivity index (χ1v) is 5.59. The largest absolute Gasteiger partial charge is 0.468 e. The van der Waals surface area contributed by atoms with Crippen LogP contribution in [0.4, 0.5) is 0 Å². The second kappa shape index (κ2) is 6.37. The van der Waals surface area contributed by atoms with Crippen molar-refractivity contribution in [3.8, 4) is 0 Å². The van der Waals surface area contributed by atoms with E-state index in [1.54, 1.807) is 0 Å². The number of ether oxygens (including phenoxy) is 1. The standard InChI is InChI=1S/C13H20N2O2/c1-15(2)9-11-6-4-10(5-7-11)8-12(14)13(16)17-3/h4-7,12H,8-9,14H2,1-3H3. The minimum atomic E-state index is -0.584. The molecule has 1 rings (SSSR count). The third kappa shape index (κ3) is 4.54. The van der Waals surface area contributed by atoms with Crippen LogP contribution >= 0.6 is 0 Å². The summed E-state index contributed by atoms with van der Waals surface area (Å²) in [6.07, 6.45) is 0.509. The molecule has 0 amide bonds. The van der Waals surface area contributed by atoms with Crippen molar-refractivity contribution in [1.29, 1.82) is 0 Å². The van der Waals surface area contributed by atoms with Crippen molar-refractivity contribution in [3.63, 3.8) is 0 Å². The molecule has 0 aliphatic rings. The molecule has 1 aromatic carbocycles. The van der Waals surface area contributed by atoms with Crippen molar-refractivity contribution < 1.29 is 9.53 Å². The number of nitrogens with two attached hydrogens (primary N) is 1. The average Bonchev–Trinajstić information content (AvgIpc) is 2.30. The summed E-state index contributed by atoms with van der Waals surface area (Å²) in [4.78, 5) is 13.3. The lowest BCUT2D eigenvalue weighted by Gasteiger charge is -2.11. The molecule has 1 aromatic rings. The van der Waals surface area contributed by atoms with Gasteiger partial charge in [0, 0.05) is 6.54 Å². The van der Waals surface area contributed by atoms with E-state index < -0.39 is 6.04 Å². The van der Waals surface area contributed by atoms with Crippen LogP contribution in [0.25, 0.3) is 0 Å². The molecule has 1 atom stereocenters. The number of carbonyl (C=O) groups excluding carboxylic acids is 1. The molecule has 17 heavy (non-hydrogen) atoms. The minimum absolute atomic E-state index is 0.373. The number of methoxy groups -OCH3 is 1. The van der Waals surface area contributed by atoms with E-state index in [9.17, 15) is 4.79 Å². The van der Waals surface area contributed by atoms with Crippen molar-refractivity contribution in [1.82, 2.24) is 4.90 Å². The van der Waals surface area contributed by atoms with Crippen LogP contribution in [0.5, 0.6) is 0 Å². The molecule has 0 fully saturated rings. The van der Waals surface area contributed by atoms with Crippen LogP contribution in [0.15, 0.2) is 24.3 Å². The number of carbonyl (C=O) groups is 1. The van der Waals surface area contributed by atoms with Gasteiger partial charge in [0.15, 0.2) is 0 Å². The summed E-state index contributed by atoms with van der Waals surface area (Å²) in [5, 5.41) is 0. The van der Waals surface area contributed by atoms with Gasteiger partial charge in [0.05, 0.1) is 7.11 Å². The van der Waals surface area contributed by atoms with Gasteiger partial charge in [-0.25, -0.2) is 0 Å². The first-order valence-electron chi connectivity index (χ1n) is 5.59. The highest BCUT2D eigenvalue weighted by atomic mass is 16.5. The Morgan fingerprint density at radius 1 is 1.29 bits per heavy atom. The Labute approximate surface area is 102 Å². The smallest absolute Gasteiger partial charge is 0.322 e. The van der Waals surface area contributed by atoms with Crippen LogP contribution in [0.1, 0.15) is 11.1 Å². The fourth-order valence-electron chi connectivity index (χ4n) is 1.63. The number of nitrogens with zero attached hydrogens (tertiary/aromatic N) is 1. The van der Waals surface area contributed by atoms with Crippen LogP contribution < -0.4 is 5.73 Å². The van der Waals surface area contributed by atoms with Crippen LogP contribution in [-0.2, 0) is 22.5 Å². The van der Waals surface area contributed by atoms with Crippen molar-refractivity contribution in [2.24, 2.45) is 5.73 Å². The summed E-state index contributed by atoms with van der Waals surface area (Å²) in [7, 11) is 5.41. The summed E-state index contributed by atoms with van der Waals surface area (Å²) in [6.45, 7) is 0.906. The Kier molecular flexibility index (Phi) is 5.12. The highest BCUT2D eigenvalue weighted by Gasteiger charge is 2.13. The van der Waals surface area contributed by atoms with E-state index in [1.807, 2.05) is 26.2 Å². The fourth-order valence-corrected chi connectivity index (χ4v) is 1.63. The Morgan fingerprint density at radius 3 is 2.29 bits per heavy atom. The highest BCUT2D eigenvalue weighted by molar-refractivity contribution is 5.75. The molecule has 4 heteroatoms. The number of esters is 1. The Morgan fingerprint density at radius 2 is 1.82 bits per heavy atom. The zero-order valence-corrected chi connectivity index (χ0v) is 10.6.